The fraction of sp³-hybridized carbons (Fsp3) is 0.105. The van der Waals surface area contributed by atoms with Gasteiger partial charge in [-0.25, -0.2) is 0 Å². The minimum absolute atomic E-state index is 0.809. The highest BCUT2D eigenvalue weighted by molar-refractivity contribution is 5.93. The molecule has 0 aliphatic rings. The van der Waals surface area contributed by atoms with Crippen LogP contribution in [0.1, 0.15) is 0 Å². The van der Waals surface area contributed by atoms with E-state index in [0.29, 0.717) is 0 Å². The molecule has 0 amide bonds. The first kappa shape index (κ1) is 28.5. The monoisotopic (exact) mass is 582 g/mol. The first-order valence-electron chi connectivity index (χ1n) is 14.3. The number of anilines is 6. The van der Waals surface area contributed by atoms with E-state index in [-0.39, 0.29) is 0 Å². The van der Waals surface area contributed by atoms with E-state index in [1.54, 1.807) is 28.4 Å². The lowest BCUT2D eigenvalue weighted by Gasteiger charge is -2.27. The number of nitrogens with zero attached hydrogens (tertiary/aromatic N) is 2. The lowest BCUT2D eigenvalue weighted by Crippen LogP contribution is -2.11. The van der Waals surface area contributed by atoms with E-state index >= 15 is 0 Å². The summed E-state index contributed by atoms with van der Waals surface area (Å²) >= 11 is 0. The molecule has 6 nitrogen and oxygen atoms in total. The number of fused-ring (bicyclic) bond motifs is 1. The van der Waals surface area contributed by atoms with E-state index in [9.17, 15) is 0 Å². The summed E-state index contributed by atoms with van der Waals surface area (Å²) in [6.45, 7) is 0. The smallest absolute Gasteiger partial charge is 0.119 e. The lowest BCUT2D eigenvalue weighted by atomic mass is 10.1. The number of rotatable bonds is 10. The van der Waals surface area contributed by atoms with Gasteiger partial charge in [0.15, 0.2) is 0 Å². The van der Waals surface area contributed by atoms with Crippen LogP contribution in [-0.4, -0.2) is 28.4 Å². The molecule has 6 rings (SSSR count). The number of benzene rings is 6. The molecule has 0 aromatic heterocycles. The molecule has 6 aromatic carbocycles. The molecule has 0 saturated carbocycles. The van der Waals surface area contributed by atoms with Crippen LogP contribution in [0.3, 0.4) is 0 Å². The second kappa shape index (κ2) is 12.7. The molecule has 0 aliphatic carbocycles. The van der Waals surface area contributed by atoms with Crippen LogP contribution in [-0.2, 0) is 0 Å². The third kappa shape index (κ3) is 5.83. The summed E-state index contributed by atoms with van der Waals surface area (Å²) in [5, 5.41) is 2.25. The van der Waals surface area contributed by atoms with E-state index in [2.05, 4.69) is 94.7 Å². The van der Waals surface area contributed by atoms with E-state index in [1.807, 2.05) is 48.5 Å². The largest absolute Gasteiger partial charge is 0.497 e. The Balaban J connectivity index is 1.47. The van der Waals surface area contributed by atoms with Gasteiger partial charge in [0.1, 0.15) is 23.0 Å². The van der Waals surface area contributed by atoms with Crippen LogP contribution in [0.5, 0.6) is 23.0 Å². The minimum atomic E-state index is 0.809. The van der Waals surface area contributed by atoms with Gasteiger partial charge in [0, 0.05) is 34.1 Å². The minimum Gasteiger partial charge on any atom is -0.497 e. The molecule has 0 bridgehead atoms. The fourth-order valence-corrected chi connectivity index (χ4v) is 5.32. The van der Waals surface area contributed by atoms with Crippen LogP contribution in [0.4, 0.5) is 34.1 Å². The van der Waals surface area contributed by atoms with Gasteiger partial charge in [0.05, 0.1) is 28.4 Å². The van der Waals surface area contributed by atoms with Crippen molar-refractivity contribution in [2.75, 3.05) is 38.2 Å². The summed E-state index contributed by atoms with van der Waals surface area (Å²) < 4.78 is 21.7. The van der Waals surface area contributed by atoms with E-state index < -0.39 is 0 Å². The van der Waals surface area contributed by atoms with Gasteiger partial charge in [-0.2, -0.15) is 0 Å². The molecule has 0 fully saturated rings. The van der Waals surface area contributed by atoms with Crippen molar-refractivity contribution in [3.63, 3.8) is 0 Å². The molecular weight excluding hydrogens is 548 g/mol. The molecule has 0 aliphatic heterocycles. The van der Waals surface area contributed by atoms with Crippen molar-refractivity contribution in [2.24, 2.45) is 0 Å². The second-order valence-electron chi connectivity index (χ2n) is 10.2. The van der Waals surface area contributed by atoms with E-state index in [1.165, 1.54) is 0 Å². The first-order chi connectivity index (χ1) is 21.6. The molecule has 6 heteroatoms. The van der Waals surface area contributed by atoms with Crippen molar-refractivity contribution in [1.82, 2.24) is 0 Å². The summed E-state index contributed by atoms with van der Waals surface area (Å²) in [5.74, 6) is 3.24. The SMILES string of the molecule is COc1ccc(N(c2ccc(OC)cc2)c2ccc3ccc(N(c4ccc(OC)cc4)c4ccc(OC)cc4)cc3c2)cc1. The topological polar surface area (TPSA) is 43.4 Å². The molecular formula is C38H34N2O4. The van der Waals surface area contributed by atoms with Crippen LogP contribution in [0.25, 0.3) is 10.8 Å². The van der Waals surface area contributed by atoms with Gasteiger partial charge >= 0.3 is 0 Å². The van der Waals surface area contributed by atoms with Crippen molar-refractivity contribution in [2.45, 2.75) is 0 Å². The summed E-state index contributed by atoms with van der Waals surface area (Å²) in [4.78, 5) is 4.46. The highest BCUT2D eigenvalue weighted by atomic mass is 16.5. The molecule has 0 radical (unpaired) electrons. The molecule has 0 atom stereocenters. The van der Waals surface area contributed by atoms with E-state index in [4.69, 9.17) is 18.9 Å². The van der Waals surface area contributed by atoms with Gasteiger partial charge in [-0.15, -0.1) is 0 Å². The Morgan fingerprint density at radius 1 is 0.295 bits per heavy atom. The van der Waals surface area contributed by atoms with Gasteiger partial charge in [0.2, 0.25) is 0 Å². The first-order valence-corrected chi connectivity index (χ1v) is 14.3. The quantitative estimate of drug-likeness (QED) is 0.160. The van der Waals surface area contributed by atoms with E-state index in [0.717, 1.165) is 67.9 Å². The Morgan fingerprint density at radius 2 is 0.545 bits per heavy atom. The fourth-order valence-electron chi connectivity index (χ4n) is 5.32. The average Bonchev–Trinajstić information content (AvgIpc) is 3.09. The van der Waals surface area contributed by atoms with Gasteiger partial charge in [0.25, 0.3) is 0 Å². The van der Waals surface area contributed by atoms with Crippen LogP contribution in [0.2, 0.25) is 0 Å². The molecule has 0 heterocycles. The third-order valence-corrected chi connectivity index (χ3v) is 7.65. The zero-order valence-electron chi connectivity index (χ0n) is 25.2. The van der Waals surface area contributed by atoms with Crippen LogP contribution >= 0.6 is 0 Å². The predicted octanol–water partition coefficient (Wildman–Crippen LogP) is 9.81. The van der Waals surface area contributed by atoms with Gasteiger partial charge in [-0.05, 0) is 132 Å². The number of hydrogen-bond donors (Lipinski definition) is 0. The second-order valence-corrected chi connectivity index (χ2v) is 10.2. The molecule has 0 unspecified atom stereocenters. The number of methoxy groups -OCH3 is 4. The van der Waals surface area contributed by atoms with Gasteiger partial charge < -0.3 is 28.7 Å². The summed E-state index contributed by atoms with van der Waals surface area (Å²) in [6.07, 6.45) is 0. The lowest BCUT2D eigenvalue weighted by molar-refractivity contribution is 0.414. The van der Waals surface area contributed by atoms with Crippen LogP contribution in [0.15, 0.2) is 133 Å². The van der Waals surface area contributed by atoms with Crippen molar-refractivity contribution in [3.8, 4) is 23.0 Å². The molecule has 6 aromatic rings. The van der Waals surface area contributed by atoms with Crippen molar-refractivity contribution >= 4 is 44.9 Å². The van der Waals surface area contributed by atoms with Gasteiger partial charge in [-0.1, -0.05) is 12.1 Å². The zero-order chi connectivity index (χ0) is 30.5. The summed E-state index contributed by atoms with van der Waals surface area (Å²) in [7, 11) is 6.72. The highest BCUT2D eigenvalue weighted by Gasteiger charge is 2.16. The van der Waals surface area contributed by atoms with Crippen LogP contribution in [0, 0.1) is 0 Å². The molecule has 0 saturated heterocycles. The zero-order valence-corrected chi connectivity index (χ0v) is 25.2. The molecule has 44 heavy (non-hydrogen) atoms. The maximum absolute atomic E-state index is 5.43. The maximum atomic E-state index is 5.43. The van der Waals surface area contributed by atoms with Crippen molar-refractivity contribution < 1.29 is 18.9 Å². The maximum Gasteiger partial charge on any atom is 0.119 e. The Labute approximate surface area is 258 Å². The van der Waals surface area contributed by atoms with Crippen LogP contribution < -0.4 is 28.7 Å². The summed E-state index contributed by atoms with van der Waals surface area (Å²) in [5.41, 5.74) is 6.14. The Hall–Kier alpha value is -5.62. The highest BCUT2D eigenvalue weighted by Crippen LogP contribution is 2.40. The standard InChI is InChI=1S/C38H34N2O4/c1-41-35-17-9-29(10-18-35)39(30-11-19-36(42-2)20-12-30)33-7-5-27-6-8-34(26-28(27)25-33)40(31-13-21-37(43-3)22-14-31)32-15-23-38(44-4)24-16-32/h5-26H,1-4H3. The number of ether oxygens (including phenoxy) is 4. The molecule has 220 valence electrons. The van der Waals surface area contributed by atoms with Crippen molar-refractivity contribution in [3.05, 3.63) is 133 Å². The Morgan fingerprint density at radius 3 is 0.795 bits per heavy atom. The van der Waals surface area contributed by atoms with Gasteiger partial charge in [-0.3, -0.25) is 0 Å². The van der Waals surface area contributed by atoms with Crippen molar-refractivity contribution in [1.29, 1.82) is 0 Å². The number of hydrogen-bond acceptors (Lipinski definition) is 6. The normalized spacial score (nSPS) is 10.7. The molecule has 0 spiro atoms. The average molecular weight is 583 g/mol. The predicted molar refractivity (Wildman–Crippen MR) is 180 cm³/mol. The Kier molecular flexibility index (Phi) is 8.23. The third-order valence-electron chi connectivity index (χ3n) is 7.65. The Bertz CT molecular complexity index is 1610. The molecule has 0 N–H and O–H groups in total. The summed E-state index contributed by atoms with van der Waals surface area (Å²) in [6, 6.07) is 45.5.